The van der Waals surface area contributed by atoms with Gasteiger partial charge in [-0.05, 0) is 51.1 Å². The topological polar surface area (TPSA) is 33.7 Å². The predicted molar refractivity (Wildman–Crippen MR) is 81.6 cm³/mol. The molecule has 1 aliphatic carbocycles. The second-order valence-corrected chi connectivity index (χ2v) is 5.61. The van der Waals surface area contributed by atoms with Gasteiger partial charge in [-0.25, -0.2) is 0 Å². The first-order valence-electron chi connectivity index (χ1n) is 7.25. The van der Waals surface area contributed by atoms with Crippen LogP contribution in [-0.4, -0.2) is 46.3 Å². The maximum atomic E-state index is 5.49. The summed E-state index contributed by atoms with van der Waals surface area (Å²) in [6, 6.07) is 6.21. The van der Waals surface area contributed by atoms with Crippen LogP contribution in [0.4, 0.5) is 0 Å². The Hall–Kier alpha value is -1.26. The summed E-state index contributed by atoms with van der Waals surface area (Å²) in [5.74, 6) is 2.68. The van der Waals surface area contributed by atoms with Crippen molar-refractivity contribution in [2.24, 2.45) is 5.92 Å². The summed E-state index contributed by atoms with van der Waals surface area (Å²) in [6.07, 6.45) is 2.77. The summed E-state index contributed by atoms with van der Waals surface area (Å²) in [6.45, 7) is 2.15. The van der Waals surface area contributed by atoms with Gasteiger partial charge in [0, 0.05) is 24.7 Å². The van der Waals surface area contributed by atoms with Gasteiger partial charge < -0.3 is 19.7 Å². The minimum Gasteiger partial charge on any atom is -0.497 e. The van der Waals surface area contributed by atoms with Crippen LogP contribution >= 0.6 is 0 Å². The fourth-order valence-electron chi connectivity index (χ4n) is 2.58. The molecule has 2 rings (SSSR count). The zero-order valence-electron chi connectivity index (χ0n) is 13.0. The number of benzene rings is 1. The van der Waals surface area contributed by atoms with E-state index >= 15 is 0 Å². The van der Waals surface area contributed by atoms with E-state index in [0.29, 0.717) is 0 Å². The Morgan fingerprint density at radius 2 is 2.05 bits per heavy atom. The number of methoxy groups -OCH3 is 2. The number of ether oxygens (including phenoxy) is 2. The van der Waals surface area contributed by atoms with Crippen molar-refractivity contribution in [1.29, 1.82) is 0 Å². The third-order valence-corrected chi connectivity index (χ3v) is 3.92. The summed E-state index contributed by atoms with van der Waals surface area (Å²) in [5.41, 5.74) is 1.15. The van der Waals surface area contributed by atoms with E-state index in [0.717, 1.165) is 29.5 Å². The molecule has 0 aromatic heterocycles. The second kappa shape index (κ2) is 6.95. The molecule has 1 unspecified atom stereocenters. The Labute approximate surface area is 122 Å². The van der Waals surface area contributed by atoms with Gasteiger partial charge in [0.15, 0.2) is 0 Å². The lowest BCUT2D eigenvalue weighted by atomic mass is 10.0. The average Bonchev–Trinajstić information content (AvgIpc) is 3.27. The summed E-state index contributed by atoms with van der Waals surface area (Å²) < 4.78 is 10.8. The zero-order valence-corrected chi connectivity index (χ0v) is 13.0. The van der Waals surface area contributed by atoms with Gasteiger partial charge in [-0.3, -0.25) is 0 Å². The maximum Gasteiger partial charge on any atom is 0.123 e. The largest absolute Gasteiger partial charge is 0.497 e. The molecule has 1 saturated carbocycles. The lowest BCUT2D eigenvalue weighted by Gasteiger charge is -2.25. The van der Waals surface area contributed by atoms with Crippen molar-refractivity contribution in [1.82, 2.24) is 10.2 Å². The highest BCUT2D eigenvalue weighted by Crippen LogP contribution is 2.32. The predicted octanol–water partition coefficient (Wildman–Crippen LogP) is 2.31. The first kappa shape index (κ1) is 15.1. The fraction of sp³-hybridized carbons (Fsp3) is 0.625. The van der Waals surface area contributed by atoms with Crippen LogP contribution in [0.15, 0.2) is 18.2 Å². The van der Waals surface area contributed by atoms with E-state index in [1.165, 1.54) is 19.4 Å². The van der Waals surface area contributed by atoms with Crippen LogP contribution < -0.4 is 14.8 Å². The molecule has 4 heteroatoms. The van der Waals surface area contributed by atoms with Crippen LogP contribution in [0.5, 0.6) is 11.5 Å². The summed E-state index contributed by atoms with van der Waals surface area (Å²) in [5, 5.41) is 3.39. The van der Waals surface area contributed by atoms with Crippen molar-refractivity contribution in [3.63, 3.8) is 0 Å². The van der Waals surface area contributed by atoms with Gasteiger partial charge in [0.2, 0.25) is 0 Å². The quantitative estimate of drug-likeness (QED) is 0.791. The van der Waals surface area contributed by atoms with Crippen LogP contribution in [0.3, 0.4) is 0 Å². The number of nitrogens with one attached hydrogen (secondary N) is 1. The molecule has 1 N–H and O–H groups in total. The van der Waals surface area contributed by atoms with Gasteiger partial charge in [0.05, 0.1) is 14.2 Å². The fourth-order valence-corrected chi connectivity index (χ4v) is 2.58. The van der Waals surface area contributed by atoms with Gasteiger partial charge in [-0.2, -0.15) is 0 Å². The number of rotatable bonds is 8. The Bertz CT molecular complexity index is 432. The average molecular weight is 278 g/mol. The Morgan fingerprint density at radius 1 is 1.30 bits per heavy atom. The standard InChI is InChI=1S/C16H26N2O2/c1-17-15(11-18(2)10-12-5-6-12)14-9-13(19-3)7-8-16(14)20-4/h7-9,12,15,17H,5-6,10-11H2,1-4H3. The highest BCUT2D eigenvalue weighted by Gasteiger charge is 2.24. The molecule has 0 spiro atoms. The van der Waals surface area contributed by atoms with Crippen molar-refractivity contribution in [2.45, 2.75) is 18.9 Å². The molecule has 0 amide bonds. The highest BCUT2D eigenvalue weighted by molar-refractivity contribution is 5.42. The first-order chi connectivity index (χ1) is 9.67. The molecule has 1 aromatic carbocycles. The lowest BCUT2D eigenvalue weighted by Crippen LogP contribution is -2.32. The molecule has 0 aliphatic heterocycles. The van der Waals surface area contributed by atoms with E-state index in [2.05, 4.69) is 23.3 Å². The van der Waals surface area contributed by atoms with Crippen LogP contribution in [0.2, 0.25) is 0 Å². The minimum atomic E-state index is 0.240. The van der Waals surface area contributed by atoms with Crippen molar-refractivity contribution >= 4 is 0 Å². The van der Waals surface area contributed by atoms with E-state index < -0.39 is 0 Å². The van der Waals surface area contributed by atoms with Crippen LogP contribution in [0, 0.1) is 5.92 Å². The van der Waals surface area contributed by atoms with E-state index in [9.17, 15) is 0 Å². The Kier molecular flexibility index (Phi) is 5.26. The van der Waals surface area contributed by atoms with E-state index in [1.54, 1.807) is 14.2 Å². The summed E-state index contributed by atoms with van der Waals surface area (Å²) in [4.78, 5) is 2.40. The van der Waals surface area contributed by atoms with Crippen LogP contribution in [0.1, 0.15) is 24.4 Å². The van der Waals surface area contributed by atoms with E-state index in [-0.39, 0.29) is 6.04 Å². The maximum absolute atomic E-state index is 5.49. The molecule has 20 heavy (non-hydrogen) atoms. The molecule has 0 radical (unpaired) electrons. The number of nitrogens with zero attached hydrogens (tertiary/aromatic N) is 1. The van der Waals surface area contributed by atoms with Crippen molar-refractivity contribution in [3.8, 4) is 11.5 Å². The molecule has 1 aliphatic rings. The molecule has 1 atom stereocenters. The highest BCUT2D eigenvalue weighted by atomic mass is 16.5. The Balaban J connectivity index is 2.11. The normalized spacial score (nSPS) is 16.2. The molecule has 1 fully saturated rings. The lowest BCUT2D eigenvalue weighted by molar-refractivity contribution is 0.281. The molecule has 1 aromatic rings. The van der Waals surface area contributed by atoms with Crippen molar-refractivity contribution in [3.05, 3.63) is 23.8 Å². The molecule has 4 nitrogen and oxygen atoms in total. The van der Waals surface area contributed by atoms with Gasteiger partial charge in [0.1, 0.15) is 11.5 Å². The van der Waals surface area contributed by atoms with Gasteiger partial charge in [0.25, 0.3) is 0 Å². The van der Waals surface area contributed by atoms with E-state index in [4.69, 9.17) is 9.47 Å². The molecule has 0 heterocycles. The van der Waals surface area contributed by atoms with Gasteiger partial charge >= 0.3 is 0 Å². The van der Waals surface area contributed by atoms with E-state index in [1.807, 2.05) is 19.2 Å². The Morgan fingerprint density at radius 3 is 2.60 bits per heavy atom. The summed E-state index contributed by atoms with van der Waals surface area (Å²) in [7, 11) is 7.59. The smallest absolute Gasteiger partial charge is 0.123 e. The zero-order chi connectivity index (χ0) is 14.5. The third-order valence-electron chi connectivity index (χ3n) is 3.92. The number of likely N-dealkylation sites (N-methyl/N-ethyl adjacent to an activating group) is 2. The number of hydrogen-bond acceptors (Lipinski definition) is 4. The first-order valence-corrected chi connectivity index (χ1v) is 7.25. The second-order valence-electron chi connectivity index (χ2n) is 5.61. The molecular weight excluding hydrogens is 252 g/mol. The summed E-state index contributed by atoms with van der Waals surface area (Å²) >= 11 is 0. The van der Waals surface area contributed by atoms with Crippen molar-refractivity contribution < 1.29 is 9.47 Å². The SMILES string of the molecule is CNC(CN(C)CC1CC1)c1cc(OC)ccc1OC. The van der Waals surface area contributed by atoms with Gasteiger partial charge in [-0.15, -0.1) is 0 Å². The number of hydrogen-bond donors (Lipinski definition) is 1. The molecule has 0 bridgehead atoms. The molecule has 0 saturated heterocycles. The third kappa shape index (κ3) is 3.87. The van der Waals surface area contributed by atoms with Crippen molar-refractivity contribution in [2.75, 3.05) is 41.4 Å². The van der Waals surface area contributed by atoms with Crippen LogP contribution in [-0.2, 0) is 0 Å². The molecular formula is C16H26N2O2. The molecule has 112 valence electrons. The monoisotopic (exact) mass is 278 g/mol. The van der Waals surface area contributed by atoms with Gasteiger partial charge in [-0.1, -0.05) is 0 Å². The van der Waals surface area contributed by atoms with Crippen LogP contribution in [0.25, 0.3) is 0 Å². The minimum absolute atomic E-state index is 0.240.